The van der Waals surface area contributed by atoms with Crippen LogP contribution in [-0.2, 0) is 9.53 Å². The third-order valence-electron chi connectivity index (χ3n) is 4.22. The Morgan fingerprint density at radius 2 is 1.61 bits per heavy atom. The van der Waals surface area contributed by atoms with Crippen molar-refractivity contribution in [3.05, 3.63) is 71.8 Å². The second kappa shape index (κ2) is 6.17. The molecule has 118 valence electrons. The maximum Gasteiger partial charge on any atom is 0.328 e. The summed E-state index contributed by atoms with van der Waals surface area (Å²) in [7, 11) is 0. The molecule has 0 spiro atoms. The number of alkyl halides is 1. The molecule has 0 radical (unpaired) electrons. The number of ketones is 1. The van der Waals surface area contributed by atoms with Crippen LogP contribution in [0, 0.1) is 5.92 Å². The molecule has 23 heavy (non-hydrogen) atoms. The zero-order chi connectivity index (χ0) is 16.4. The first-order chi connectivity index (χ1) is 11.1. The van der Waals surface area contributed by atoms with Crippen molar-refractivity contribution >= 4 is 23.4 Å². The van der Waals surface area contributed by atoms with E-state index in [0.29, 0.717) is 5.56 Å². The van der Waals surface area contributed by atoms with Crippen molar-refractivity contribution in [2.45, 2.75) is 17.7 Å². The molecule has 3 nitrogen and oxygen atoms in total. The highest BCUT2D eigenvalue weighted by Crippen LogP contribution is 2.63. The number of halogens is 1. The van der Waals surface area contributed by atoms with E-state index in [2.05, 4.69) is 0 Å². The fourth-order valence-corrected chi connectivity index (χ4v) is 3.54. The summed E-state index contributed by atoms with van der Waals surface area (Å²) in [6.45, 7) is 1.97. The summed E-state index contributed by atoms with van der Waals surface area (Å²) in [5, 5.41) is 0. The summed E-state index contributed by atoms with van der Waals surface area (Å²) >= 11 is 6.59. The van der Waals surface area contributed by atoms with E-state index >= 15 is 0 Å². The van der Waals surface area contributed by atoms with Gasteiger partial charge in [0, 0.05) is 11.5 Å². The smallest absolute Gasteiger partial charge is 0.328 e. The molecule has 4 heteroatoms. The van der Waals surface area contributed by atoms with Crippen LogP contribution in [-0.4, -0.2) is 23.2 Å². The Morgan fingerprint density at radius 3 is 2.17 bits per heavy atom. The van der Waals surface area contributed by atoms with E-state index in [4.69, 9.17) is 16.3 Å². The fraction of sp³-hybridized carbons (Fsp3) is 0.263. The maximum atomic E-state index is 12.8. The lowest BCUT2D eigenvalue weighted by molar-refractivity contribution is -0.143. The van der Waals surface area contributed by atoms with E-state index in [-0.39, 0.29) is 18.3 Å². The van der Waals surface area contributed by atoms with Gasteiger partial charge in [0.2, 0.25) is 0 Å². The summed E-state index contributed by atoms with van der Waals surface area (Å²) in [6, 6.07) is 18.3. The molecule has 0 bridgehead atoms. The molecule has 3 rings (SSSR count). The fourth-order valence-electron chi connectivity index (χ4n) is 3.07. The number of rotatable bonds is 5. The van der Waals surface area contributed by atoms with Crippen molar-refractivity contribution in [1.82, 2.24) is 0 Å². The van der Waals surface area contributed by atoms with E-state index in [0.717, 1.165) is 5.56 Å². The van der Waals surface area contributed by atoms with Crippen molar-refractivity contribution in [1.29, 1.82) is 0 Å². The molecule has 1 fully saturated rings. The quantitative estimate of drug-likeness (QED) is 0.476. The third kappa shape index (κ3) is 2.66. The van der Waals surface area contributed by atoms with Gasteiger partial charge < -0.3 is 4.74 Å². The van der Waals surface area contributed by atoms with Crippen LogP contribution in [0.25, 0.3) is 0 Å². The van der Waals surface area contributed by atoms with Crippen LogP contribution >= 0.6 is 11.6 Å². The number of Topliss-reactive ketones (excluding diaryl/α,β-unsaturated/α-hetero) is 1. The van der Waals surface area contributed by atoms with Crippen molar-refractivity contribution in [3.63, 3.8) is 0 Å². The largest absolute Gasteiger partial charge is 0.465 e. The van der Waals surface area contributed by atoms with Gasteiger partial charge in [-0.15, -0.1) is 11.6 Å². The Labute approximate surface area is 140 Å². The van der Waals surface area contributed by atoms with Crippen LogP contribution in [0.5, 0.6) is 0 Å². The highest BCUT2D eigenvalue weighted by atomic mass is 35.5. The Kier molecular flexibility index (Phi) is 4.22. The molecule has 1 saturated carbocycles. The number of hydrogen-bond donors (Lipinski definition) is 0. The molecular formula is C19H17ClO3. The molecule has 1 aliphatic rings. The van der Waals surface area contributed by atoms with Gasteiger partial charge in [0.15, 0.2) is 10.7 Å². The summed E-state index contributed by atoms with van der Waals surface area (Å²) in [5.74, 6) is -1.61. The van der Waals surface area contributed by atoms with E-state index < -0.39 is 16.8 Å². The van der Waals surface area contributed by atoms with E-state index in [1.165, 1.54) is 0 Å². The third-order valence-corrected chi connectivity index (χ3v) is 4.84. The van der Waals surface area contributed by atoms with Gasteiger partial charge in [-0.2, -0.15) is 0 Å². The van der Waals surface area contributed by atoms with Crippen LogP contribution < -0.4 is 0 Å². The average molecular weight is 329 g/mol. The van der Waals surface area contributed by atoms with Crippen LogP contribution in [0.4, 0.5) is 0 Å². The number of ether oxygens (including phenoxy) is 1. The average Bonchev–Trinajstić information content (AvgIpc) is 3.23. The number of carbonyl (C=O) groups excluding carboxylic acids is 2. The molecule has 3 unspecified atom stereocenters. The molecule has 1 aliphatic carbocycles. The normalized spacial score (nSPS) is 25.7. The zero-order valence-corrected chi connectivity index (χ0v) is 13.5. The van der Waals surface area contributed by atoms with E-state index in [1.54, 1.807) is 31.2 Å². The Morgan fingerprint density at radius 1 is 1.04 bits per heavy atom. The summed E-state index contributed by atoms with van der Waals surface area (Å²) in [4.78, 5) is 23.9. The van der Waals surface area contributed by atoms with Crippen LogP contribution in [0.2, 0.25) is 0 Å². The Bertz CT molecular complexity index is 714. The molecule has 0 saturated heterocycles. The molecule has 0 N–H and O–H groups in total. The molecule has 0 aromatic heterocycles. The second-order valence-electron chi connectivity index (χ2n) is 5.58. The van der Waals surface area contributed by atoms with Gasteiger partial charge in [-0.1, -0.05) is 60.7 Å². The Hall–Kier alpha value is -2.13. The first-order valence-corrected chi connectivity index (χ1v) is 7.98. The zero-order valence-electron chi connectivity index (χ0n) is 12.7. The van der Waals surface area contributed by atoms with Crippen LogP contribution in [0.3, 0.4) is 0 Å². The number of carbonyl (C=O) groups is 2. The second-order valence-corrected chi connectivity index (χ2v) is 6.21. The number of esters is 1. The highest BCUT2D eigenvalue weighted by molar-refractivity contribution is 6.40. The van der Waals surface area contributed by atoms with Gasteiger partial charge in [-0.3, -0.25) is 9.59 Å². The molecule has 2 aromatic rings. The summed E-state index contributed by atoms with van der Waals surface area (Å²) in [6.07, 6.45) is 0. The summed E-state index contributed by atoms with van der Waals surface area (Å²) < 4.78 is 5.11. The number of hydrogen-bond acceptors (Lipinski definition) is 3. The van der Waals surface area contributed by atoms with Crippen molar-refractivity contribution in [2.24, 2.45) is 5.92 Å². The number of benzene rings is 2. The lowest BCUT2D eigenvalue weighted by atomic mass is 10.0. The van der Waals surface area contributed by atoms with Gasteiger partial charge in [0.1, 0.15) is 0 Å². The van der Waals surface area contributed by atoms with Gasteiger partial charge in [0.05, 0.1) is 12.5 Å². The van der Waals surface area contributed by atoms with Crippen LogP contribution in [0.15, 0.2) is 60.7 Å². The minimum atomic E-state index is -1.32. The molecule has 2 aromatic carbocycles. The predicted octanol–water partition coefficient (Wildman–Crippen LogP) is 3.82. The van der Waals surface area contributed by atoms with Gasteiger partial charge in [-0.25, -0.2) is 0 Å². The predicted molar refractivity (Wildman–Crippen MR) is 88.7 cm³/mol. The SMILES string of the molecule is CCOC(=O)C1(Cl)C(C(=O)c2ccccc2)C1c1ccccc1. The lowest BCUT2D eigenvalue weighted by Crippen LogP contribution is -2.25. The molecule has 0 amide bonds. The van der Waals surface area contributed by atoms with Gasteiger partial charge in [-0.05, 0) is 12.5 Å². The van der Waals surface area contributed by atoms with Crippen molar-refractivity contribution in [2.75, 3.05) is 6.61 Å². The maximum absolute atomic E-state index is 12.8. The minimum Gasteiger partial charge on any atom is -0.465 e. The Balaban J connectivity index is 1.96. The highest BCUT2D eigenvalue weighted by Gasteiger charge is 2.73. The van der Waals surface area contributed by atoms with Gasteiger partial charge >= 0.3 is 5.97 Å². The topological polar surface area (TPSA) is 43.4 Å². The lowest BCUT2D eigenvalue weighted by Gasteiger charge is -2.08. The van der Waals surface area contributed by atoms with Crippen LogP contribution in [0.1, 0.15) is 28.8 Å². The monoisotopic (exact) mass is 328 g/mol. The van der Waals surface area contributed by atoms with Crippen molar-refractivity contribution in [3.8, 4) is 0 Å². The molecule has 3 atom stereocenters. The summed E-state index contributed by atoms with van der Waals surface area (Å²) in [5.41, 5.74) is 1.44. The first-order valence-electron chi connectivity index (χ1n) is 7.61. The molecule has 0 aliphatic heterocycles. The molecular weight excluding hydrogens is 312 g/mol. The minimum absolute atomic E-state index is 0.123. The standard InChI is InChI=1S/C19H17ClO3/c1-2-23-18(22)19(20)15(13-9-5-3-6-10-13)16(19)17(21)14-11-7-4-8-12-14/h3-12,15-16H,2H2,1H3. The molecule has 0 heterocycles. The first kappa shape index (κ1) is 15.8. The van der Waals surface area contributed by atoms with Gasteiger partial charge in [0.25, 0.3) is 0 Å². The van der Waals surface area contributed by atoms with E-state index in [1.807, 2.05) is 36.4 Å². The van der Waals surface area contributed by atoms with Crippen molar-refractivity contribution < 1.29 is 14.3 Å². The van der Waals surface area contributed by atoms with E-state index in [9.17, 15) is 9.59 Å².